The summed E-state index contributed by atoms with van der Waals surface area (Å²) in [6.07, 6.45) is 1.51. The van der Waals surface area contributed by atoms with E-state index in [2.05, 4.69) is 6.92 Å². The predicted molar refractivity (Wildman–Crippen MR) is 98.7 cm³/mol. The van der Waals surface area contributed by atoms with Crippen LogP contribution in [-0.2, 0) is 28.7 Å². The first-order valence-electron chi connectivity index (χ1n) is 9.98. The lowest BCUT2D eigenvalue weighted by Gasteiger charge is -2.38. The lowest BCUT2D eigenvalue weighted by Crippen LogP contribution is -2.37. The number of fused-ring (bicyclic) bond motifs is 1. The van der Waals surface area contributed by atoms with E-state index in [0.717, 1.165) is 6.42 Å². The maximum atomic E-state index is 13.5. The Morgan fingerprint density at radius 2 is 1.79 bits per heavy atom. The Morgan fingerprint density at radius 3 is 2.39 bits per heavy atom. The third kappa shape index (κ3) is 2.32. The molecule has 3 aliphatic carbocycles. The Morgan fingerprint density at radius 1 is 1.11 bits per heavy atom. The van der Waals surface area contributed by atoms with Crippen molar-refractivity contribution in [3.05, 3.63) is 22.5 Å². The minimum absolute atomic E-state index is 0.0801. The van der Waals surface area contributed by atoms with Crippen molar-refractivity contribution in [2.45, 2.75) is 66.4 Å². The van der Waals surface area contributed by atoms with E-state index in [0.29, 0.717) is 30.4 Å². The molecule has 4 rings (SSSR count). The molecule has 6 heteroatoms. The Bertz CT molecular complexity index is 891. The lowest BCUT2D eigenvalue weighted by atomic mass is 9.65. The van der Waals surface area contributed by atoms with Crippen molar-refractivity contribution < 1.29 is 28.7 Å². The molecular weight excluding hydrogens is 360 g/mol. The molecule has 0 bridgehead atoms. The van der Waals surface area contributed by atoms with Gasteiger partial charge < -0.3 is 9.47 Å². The standard InChI is InChI=1S/C22H26O6/c1-10(2)14-19(27-11(3)23)17(25)16-18-15-13(20(26)28-18)12(24)6-7-21(15,4)8-9-22(14,16)5/h10,14,19H,6-9H2,1-5H3/t14-,19-,21+,22+/m0/s1. The van der Waals surface area contributed by atoms with Gasteiger partial charge in [0.2, 0.25) is 5.78 Å². The first-order chi connectivity index (χ1) is 13.0. The van der Waals surface area contributed by atoms with Gasteiger partial charge in [-0.15, -0.1) is 0 Å². The van der Waals surface area contributed by atoms with Crippen LogP contribution in [0.1, 0.15) is 60.3 Å². The van der Waals surface area contributed by atoms with Crippen molar-refractivity contribution in [3.63, 3.8) is 0 Å². The molecule has 4 aliphatic rings. The molecule has 0 unspecified atom stereocenters. The van der Waals surface area contributed by atoms with E-state index in [1.165, 1.54) is 6.92 Å². The molecule has 1 saturated carbocycles. The Balaban J connectivity index is 1.99. The van der Waals surface area contributed by atoms with Crippen LogP contribution in [0.2, 0.25) is 0 Å². The van der Waals surface area contributed by atoms with Crippen LogP contribution in [0.4, 0.5) is 0 Å². The molecule has 0 aromatic carbocycles. The molecule has 6 nitrogen and oxygen atoms in total. The second-order valence-corrected chi connectivity index (χ2v) is 9.41. The predicted octanol–water partition coefficient (Wildman–Crippen LogP) is 3.05. The van der Waals surface area contributed by atoms with Crippen molar-refractivity contribution in [1.82, 2.24) is 0 Å². The van der Waals surface area contributed by atoms with Crippen LogP contribution >= 0.6 is 0 Å². The summed E-state index contributed by atoms with van der Waals surface area (Å²) in [5, 5.41) is 0. The van der Waals surface area contributed by atoms with Crippen molar-refractivity contribution >= 4 is 23.5 Å². The number of esters is 2. The molecule has 28 heavy (non-hydrogen) atoms. The molecule has 150 valence electrons. The Kier molecular flexibility index (Phi) is 4.01. The third-order valence-corrected chi connectivity index (χ3v) is 7.23. The first kappa shape index (κ1) is 19.1. The van der Waals surface area contributed by atoms with E-state index in [-0.39, 0.29) is 40.1 Å². The third-order valence-electron chi connectivity index (χ3n) is 7.23. The maximum absolute atomic E-state index is 13.5. The molecule has 1 aliphatic heterocycles. The van der Waals surface area contributed by atoms with Crippen molar-refractivity contribution in [2.75, 3.05) is 0 Å². The molecule has 0 N–H and O–H groups in total. The summed E-state index contributed by atoms with van der Waals surface area (Å²) in [5.41, 5.74) is 0.183. The van der Waals surface area contributed by atoms with Gasteiger partial charge in [-0.2, -0.15) is 0 Å². The van der Waals surface area contributed by atoms with E-state index in [1.54, 1.807) is 0 Å². The highest BCUT2D eigenvalue weighted by Gasteiger charge is 2.63. The van der Waals surface area contributed by atoms with Gasteiger partial charge in [-0.1, -0.05) is 27.7 Å². The van der Waals surface area contributed by atoms with Gasteiger partial charge in [0.05, 0.1) is 0 Å². The summed E-state index contributed by atoms with van der Waals surface area (Å²) in [6.45, 7) is 9.40. The molecule has 0 radical (unpaired) electrons. The van der Waals surface area contributed by atoms with Crippen LogP contribution in [0, 0.1) is 22.7 Å². The fraction of sp³-hybridized carbons (Fsp3) is 0.636. The second kappa shape index (κ2) is 5.88. The highest BCUT2D eigenvalue weighted by atomic mass is 16.6. The number of hydrogen-bond acceptors (Lipinski definition) is 6. The van der Waals surface area contributed by atoms with Crippen LogP contribution in [0.25, 0.3) is 0 Å². The van der Waals surface area contributed by atoms with Crippen molar-refractivity contribution in [1.29, 1.82) is 0 Å². The fourth-order valence-electron chi connectivity index (χ4n) is 5.98. The monoisotopic (exact) mass is 386 g/mol. The number of Topliss-reactive ketones (excluding diaryl/α,β-unsaturated/α-hetero) is 2. The summed E-state index contributed by atoms with van der Waals surface area (Å²) in [4.78, 5) is 50.2. The molecular formula is C22H26O6. The zero-order valence-corrected chi connectivity index (χ0v) is 17.0. The molecule has 1 fully saturated rings. The van der Waals surface area contributed by atoms with Crippen molar-refractivity contribution in [3.8, 4) is 0 Å². The van der Waals surface area contributed by atoms with E-state index in [1.807, 2.05) is 20.8 Å². The zero-order chi connectivity index (χ0) is 20.6. The van der Waals surface area contributed by atoms with Crippen LogP contribution in [-0.4, -0.2) is 29.6 Å². The number of ketones is 2. The topological polar surface area (TPSA) is 86.7 Å². The molecule has 0 amide bonds. The van der Waals surface area contributed by atoms with Gasteiger partial charge in [-0.3, -0.25) is 14.4 Å². The summed E-state index contributed by atoms with van der Waals surface area (Å²) < 4.78 is 11.1. The number of rotatable bonds is 2. The number of ether oxygens (including phenoxy) is 2. The van der Waals surface area contributed by atoms with Gasteiger partial charge in [-0.05, 0) is 30.6 Å². The Labute approximate surface area is 164 Å². The molecule has 4 atom stereocenters. The van der Waals surface area contributed by atoms with Crippen LogP contribution in [0.3, 0.4) is 0 Å². The SMILES string of the molecule is CC(=O)O[C@@H]1C(=O)C2=C3OC(=O)C4=C3[C@](C)(CCC4=O)CC[C@]2(C)[C@H]1C(C)C. The highest BCUT2D eigenvalue weighted by Crippen LogP contribution is 2.62. The minimum Gasteiger partial charge on any atom is -0.454 e. The number of allylic oxidation sites excluding steroid dienone is 1. The lowest BCUT2D eigenvalue weighted by molar-refractivity contribution is -0.155. The van der Waals surface area contributed by atoms with E-state index < -0.39 is 23.5 Å². The van der Waals surface area contributed by atoms with Crippen LogP contribution < -0.4 is 0 Å². The van der Waals surface area contributed by atoms with Gasteiger partial charge in [-0.25, -0.2) is 4.79 Å². The summed E-state index contributed by atoms with van der Waals surface area (Å²) in [7, 11) is 0. The van der Waals surface area contributed by atoms with Gasteiger partial charge in [0.1, 0.15) is 11.3 Å². The molecule has 1 heterocycles. The quantitative estimate of drug-likeness (QED) is 0.535. The zero-order valence-electron chi connectivity index (χ0n) is 17.0. The van der Waals surface area contributed by atoms with Gasteiger partial charge in [0.15, 0.2) is 11.9 Å². The number of carbonyl (C=O) groups is 4. The molecule has 0 aromatic heterocycles. The molecule has 0 spiro atoms. The smallest absolute Gasteiger partial charge is 0.347 e. The minimum atomic E-state index is -0.892. The summed E-state index contributed by atoms with van der Waals surface area (Å²) >= 11 is 0. The summed E-state index contributed by atoms with van der Waals surface area (Å²) in [5.74, 6) is -1.53. The normalized spacial score (nSPS) is 37.1. The van der Waals surface area contributed by atoms with Gasteiger partial charge in [0.25, 0.3) is 0 Å². The summed E-state index contributed by atoms with van der Waals surface area (Å²) in [6, 6.07) is 0. The van der Waals surface area contributed by atoms with Gasteiger partial charge >= 0.3 is 11.9 Å². The van der Waals surface area contributed by atoms with E-state index in [9.17, 15) is 19.2 Å². The molecule has 0 aromatic rings. The average molecular weight is 386 g/mol. The van der Waals surface area contributed by atoms with E-state index >= 15 is 0 Å². The Hall–Kier alpha value is -2.24. The van der Waals surface area contributed by atoms with Gasteiger partial charge in [0, 0.05) is 35.8 Å². The number of carbonyl (C=O) groups excluding carboxylic acids is 4. The highest BCUT2D eigenvalue weighted by molar-refractivity contribution is 6.22. The maximum Gasteiger partial charge on any atom is 0.347 e. The fourth-order valence-corrected chi connectivity index (χ4v) is 5.98. The first-order valence-corrected chi connectivity index (χ1v) is 9.98. The average Bonchev–Trinajstić information content (AvgIpc) is 3.00. The number of hydrogen-bond donors (Lipinski definition) is 0. The van der Waals surface area contributed by atoms with Crippen molar-refractivity contribution in [2.24, 2.45) is 22.7 Å². The van der Waals surface area contributed by atoms with E-state index in [4.69, 9.17) is 9.47 Å². The second-order valence-electron chi connectivity index (χ2n) is 9.41. The molecule has 0 saturated heterocycles. The largest absolute Gasteiger partial charge is 0.454 e. The van der Waals surface area contributed by atoms with Crippen LogP contribution in [0.15, 0.2) is 22.5 Å². The van der Waals surface area contributed by atoms with Crippen LogP contribution in [0.5, 0.6) is 0 Å².